The third kappa shape index (κ3) is 17.5. The normalized spacial score (nSPS) is 14.3. The lowest BCUT2D eigenvalue weighted by Gasteiger charge is -2.34. The van der Waals surface area contributed by atoms with Gasteiger partial charge in [0, 0.05) is 63.4 Å². The number of para-hydroxylation sites is 15. The Morgan fingerprint density at radius 1 is 0.299 bits per heavy atom. The third-order valence-corrected chi connectivity index (χ3v) is 36.1. The molecule has 3 heterocycles. The molecule has 16 heteroatoms. The number of aliphatic imine (C=N–C) groups is 1. The van der Waals surface area contributed by atoms with Gasteiger partial charge in [-0.1, -0.05) is 328 Å². The highest BCUT2D eigenvalue weighted by Crippen LogP contribution is 2.74. The summed E-state index contributed by atoms with van der Waals surface area (Å²) < 4.78 is 66.0. The van der Waals surface area contributed by atoms with Crippen LogP contribution in [-0.4, -0.2) is 5.71 Å². The fourth-order valence-corrected chi connectivity index (χ4v) is 29.8. The first-order valence-corrected chi connectivity index (χ1v) is 54.3. The van der Waals surface area contributed by atoms with Gasteiger partial charge in [0.25, 0.3) is 0 Å². The number of benzene rings is 20. The molecule has 20 aromatic rings. The number of rotatable bonds is 27. The Morgan fingerprint density at radius 2 is 0.633 bits per heavy atom. The maximum atomic E-state index is 18.9. The van der Waals surface area contributed by atoms with Gasteiger partial charge in [0.05, 0.1) is 78.5 Å². The Kier molecular flexibility index (Phi) is 25.4. The summed E-state index contributed by atoms with van der Waals surface area (Å²) in [5.41, 5.74) is 29.3. The van der Waals surface area contributed by atoms with Crippen molar-refractivity contribution in [2.24, 2.45) is 4.99 Å². The van der Waals surface area contributed by atoms with Crippen LogP contribution in [0.25, 0.3) is 61.3 Å². The number of hydrogen-bond donors (Lipinski definition) is 1. The van der Waals surface area contributed by atoms with Gasteiger partial charge in [-0.15, -0.1) is 0 Å². The van der Waals surface area contributed by atoms with E-state index in [9.17, 15) is 0 Å². The first-order chi connectivity index (χ1) is 72.2. The van der Waals surface area contributed by atoms with E-state index >= 15 is 13.7 Å². The Bertz CT molecular complexity index is 8370. The topological polar surface area (TPSA) is 102 Å². The maximum absolute atomic E-state index is 18.9. The van der Waals surface area contributed by atoms with E-state index in [1.54, 1.807) is 0 Å². The molecule has 0 aromatic heterocycles. The second-order valence-electron chi connectivity index (χ2n) is 36.9. The van der Waals surface area contributed by atoms with Gasteiger partial charge in [-0.2, -0.15) is 0 Å². The Morgan fingerprint density at radius 3 is 1.07 bits per heavy atom. The summed E-state index contributed by atoms with van der Waals surface area (Å²) in [6, 6.07) is 180. The van der Waals surface area contributed by atoms with Crippen LogP contribution in [0.2, 0.25) is 0 Å². The molecule has 147 heavy (non-hydrogen) atoms. The average Bonchev–Trinajstić information content (AvgIpc) is 1.56. The van der Waals surface area contributed by atoms with Crippen LogP contribution < -0.4 is 59.1 Å². The van der Waals surface area contributed by atoms with Crippen molar-refractivity contribution >= 4 is 152 Å². The van der Waals surface area contributed by atoms with Crippen molar-refractivity contribution in [2.45, 2.75) is 27.3 Å². The average molecular weight is 1960 g/mol. The number of anilines is 17. The van der Waals surface area contributed by atoms with Gasteiger partial charge in [0.15, 0.2) is 0 Å². The molecule has 3 aliphatic rings. The van der Waals surface area contributed by atoms with Crippen molar-refractivity contribution in [3.8, 4) is 55.6 Å². The molecular formula is C131H103N10O3P3. The lowest BCUT2D eigenvalue weighted by atomic mass is 9.97. The lowest BCUT2D eigenvalue weighted by Crippen LogP contribution is -2.27. The van der Waals surface area contributed by atoms with E-state index in [1.165, 1.54) is 0 Å². The SMILES string of the molecule is C=C(c1ccc(-c2cc(-c3ccccc3)cc(P3(=O)N(c4ccccc4)c4ccccc4N3c3ccccc3)c2)cc1)N(c1cccc(-c2ccc3c(c2)N(c2ccccc2)P(=O)(c2cc(-c4ccc(CN(C(C(/C=C\C)=Nc5ccccc5)=C(C)C)c5ccccc5)cc4)cc(-c4ccc(P5(=O)N(c6ccccc6)c6ccccc6N5c5ccccc5)cc4)c2)N3c2ccccc2)c1)c1ccccc1Nc1ccccc1. The molecule has 0 bridgehead atoms. The van der Waals surface area contributed by atoms with Gasteiger partial charge in [-0.05, 0) is 312 Å². The summed E-state index contributed by atoms with van der Waals surface area (Å²) >= 11 is 0. The van der Waals surface area contributed by atoms with E-state index in [2.05, 4.69) is 333 Å². The summed E-state index contributed by atoms with van der Waals surface area (Å²) in [5.74, 6) is 0. The van der Waals surface area contributed by atoms with Gasteiger partial charge in [0.2, 0.25) is 0 Å². The molecular weight excluding hydrogens is 1850 g/mol. The second kappa shape index (κ2) is 40.2. The van der Waals surface area contributed by atoms with E-state index in [-0.39, 0.29) is 0 Å². The van der Waals surface area contributed by atoms with Crippen LogP contribution in [-0.2, 0) is 20.2 Å². The zero-order valence-electron chi connectivity index (χ0n) is 81.4. The van der Waals surface area contributed by atoms with Gasteiger partial charge in [0.1, 0.15) is 0 Å². The molecule has 0 aliphatic carbocycles. The zero-order valence-corrected chi connectivity index (χ0v) is 84.1. The van der Waals surface area contributed by atoms with Gasteiger partial charge in [-0.3, -0.25) is 41.7 Å². The van der Waals surface area contributed by atoms with Crippen molar-refractivity contribution in [1.82, 2.24) is 0 Å². The second-order valence-corrected chi connectivity index (χ2v) is 44.1. The molecule has 1 atom stereocenters. The Hall–Kier alpha value is -17.8. The maximum Gasteiger partial charge on any atom is 0.301 e. The first-order valence-electron chi connectivity index (χ1n) is 49.5. The molecule has 1 N–H and O–H groups in total. The Labute approximate surface area is 859 Å². The van der Waals surface area contributed by atoms with Gasteiger partial charge >= 0.3 is 22.3 Å². The quantitative estimate of drug-likeness (QED) is 0.0392. The summed E-state index contributed by atoms with van der Waals surface area (Å²) in [6.07, 6.45) is 4.14. The Balaban J connectivity index is 0.655. The van der Waals surface area contributed by atoms with Crippen LogP contribution in [0.15, 0.2) is 563 Å². The molecule has 0 radical (unpaired) electrons. The van der Waals surface area contributed by atoms with E-state index in [1.807, 2.05) is 271 Å². The number of allylic oxidation sites excluding steroid dienone is 3. The zero-order chi connectivity index (χ0) is 99.5. The molecule has 0 amide bonds. The summed E-state index contributed by atoms with van der Waals surface area (Å²) in [5, 5.41) is 5.67. The minimum atomic E-state index is -4.25. The number of nitrogens with zero attached hydrogens (tertiary/aromatic N) is 9. The summed E-state index contributed by atoms with van der Waals surface area (Å²) in [6.45, 7) is 11.9. The highest BCUT2D eigenvalue weighted by Gasteiger charge is 2.53. The monoisotopic (exact) mass is 1960 g/mol. The molecule has 0 fully saturated rings. The first kappa shape index (κ1) is 92.9. The molecule has 13 nitrogen and oxygen atoms in total. The van der Waals surface area contributed by atoms with E-state index in [0.29, 0.717) is 28.2 Å². The van der Waals surface area contributed by atoms with Crippen molar-refractivity contribution in [3.63, 3.8) is 0 Å². The molecule has 3 aliphatic heterocycles. The third-order valence-electron chi connectivity index (χ3n) is 27.4. The predicted octanol–water partition coefficient (Wildman–Crippen LogP) is 35.6. The van der Waals surface area contributed by atoms with Crippen LogP contribution in [0, 0.1) is 0 Å². The van der Waals surface area contributed by atoms with Crippen LogP contribution in [0.5, 0.6) is 0 Å². The fourth-order valence-electron chi connectivity index (χ4n) is 20.7. The molecule has 1 unspecified atom stereocenters. The minimum absolute atomic E-state index is 0.510. The largest absolute Gasteiger partial charge is 0.354 e. The fraction of sp³-hybridized carbons (Fsp3) is 0.0305. The molecule has 20 aromatic carbocycles. The number of nitrogens with one attached hydrogen (secondary N) is 1. The van der Waals surface area contributed by atoms with Crippen molar-refractivity contribution in [3.05, 3.63) is 569 Å². The van der Waals surface area contributed by atoms with E-state index in [0.717, 1.165) is 186 Å². The lowest BCUT2D eigenvalue weighted by molar-refractivity contribution is 0.581. The van der Waals surface area contributed by atoms with Crippen LogP contribution in [0.3, 0.4) is 0 Å². The molecule has 0 saturated carbocycles. The van der Waals surface area contributed by atoms with Gasteiger partial charge in [-0.25, -0.2) is 4.99 Å². The molecule has 710 valence electrons. The highest BCUT2D eigenvalue weighted by molar-refractivity contribution is 7.77. The van der Waals surface area contributed by atoms with Crippen LogP contribution >= 0.6 is 22.3 Å². The summed E-state index contributed by atoms with van der Waals surface area (Å²) in [4.78, 5) is 9.88. The smallest absolute Gasteiger partial charge is 0.301 e. The molecule has 23 rings (SSSR count). The van der Waals surface area contributed by atoms with Crippen LogP contribution in [0.4, 0.5) is 102 Å². The van der Waals surface area contributed by atoms with Crippen molar-refractivity contribution in [2.75, 3.05) is 43.1 Å². The molecule has 0 saturated heterocycles. The van der Waals surface area contributed by atoms with Gasteiger partial charge < -0.3 is 15.1 Å². The predicted molar refractivity (Wildman–Crippen MR) is 619 cm³/mol. The van der Waals surface area contributed by atoms with E-state index < -0.39 is 22.3 Å². The number of fused-ring (bicyclic) bond motifs is 3. The minimum Gasteiger partial charge on any atom is -0.354 e. The highest BCUT2D eigenvalue weighted by atomic mass is 31.2. The summed E-state index contributed by atoms with van der Waals surface area (Å²) in [7, 11) is -11.9. The standard InChI is InChI=1S/C131H103N10O3P3/c1-5-43-123(133-110-49-20-8-21-50-110)131(95(2)3)134(111-51-22-9-23-52-111)94-97-72-74-100(75-73-97)106-87-108(102-80-83-119(84-81-102)145(142)136(112-53-24-10-25-54-112)125-68-38-39-69-126(125)137(145)113-55-26-11-27-56-113)92-121(90-106)147(144)140(116-61-32-14-33-62-116)129-85-82-104(93-130(129)141(147)117-63-34-15-35-64-117)103-46-42-65-118(88-103)135(124-67-37-36-66-122(124)132-109-47-18-7-19-48-109)96(4)98-76-78-101(79-77-98)107-86-105(99-44-16-6-17-45-99)89-120(91-107)146(143)138(114-57-28-12-29-58-114)127-70-40-41-71-128(127)139(146)115-59-30-13-31-60-115/h5-93,132H,4,94H2,1-3H3/b43-5-,133-123?. The number of hydrogen-bond acceptors (Lipinski definition) is 7. The van der Waals surface area contributed by atoms with E-state index in [4.69, 9.17) is 11.6 Å². The van der Waals surface area contributed by atoms with Crippen LogP contribution in [0.1, 0.15) is 31.9 Å². The van der Waals surface area contributed by atoms with Crippen molar-refractivity contribution in [1.29, 1.82) is 0 Å². The molecule has 0 spiro atoms. The van der Waals surface area contributed by atoms with Crippen molar-refractivity contribution < 1.29 is 13.7 Å².